The second kappa shape index (κ2) is 6.13. The van der Waals surface area contributed by atoms with Gasteiger partial charge in [-0.25, -0.2) is 4.98 Å². The van der Waals surface area contributed by atoms with Crippen LogP contribution in [0.1, 0.15) is 22.8 Å². The fourth-order valence-electron chi connectivity index (χ4n) is 1.89. The average Bonchev–Trinajstić information content (AvgIpc) is 2.47. The number of methoxy groups -OCH3 is 1. The molecule has 3 nitrogen and oxygen atoms in total. The molecule has 0 aliphatic heterocycles. The van der Waals surface area contributed by atoms with E-state index in [1.807, 2.05) is 0 Å². The number of pyridine rings is 1. The number of benzene rings is 1. The number of alkyl halides is 3. The van der Waals surface area contributed by atoms with E-state index >= 15 is 0 Å². The molecule has 0 saturated carbocycles. The van der Waals surface area contributed by atoms with Crippen molar-refractivity contribution >= 4 is 0 Å². The Morgan fingerprint density at radius 3 is 2.29 bits per heavy atom. The van der Waals surface area contributed by atoms with E-state index < -0.39 is 17.8 Å². The summed E-state index contributed by atoms with van der Waals surface area (Å²) < 4.78 is 42.3. The van der Waals surface area contributed by atoms with Gasteiger partial charge in [-0.05, 0) is 23.3 Å². The van der Waals surface area contributed by atoms with Gasteiger partial charge in [0.25, 0.3) is 0 Å². The number of halogens is 3. The van der Waals surface area contributed by atoms with Gasteiger partial charge in [0.2, 0.25) is 5.88 Å². The molecule has 1 N–H and O–H groups in total. The highest BCUT2D eigenvalue weighted by Gasteiger charge is 2.30. The van der Waals surface area contributed by atoms with Gasteiger partial charge in [0.1, 0.15) is 0 Å². The predicted octanol–water partition coefficient (Wildman–Crippen LogP) is 3.39. The Kier molecular flexibility index (Phi) is 4.47. The van der Waals surface area contributed by atoms with Crippen molar-refractivity contribution in [3.05, 3.63) is 59.3 Å². The van der Waals surface area contributed by atoms with Gasteiger partial charge < -0.3 is 9.84 Å². The monoisotopic (exact) mass is 297 g/mol. The van der Waals surface area contributed by atoms with Crippen molar-refractivity contribution in [2.24, 2.45) is 0 Å². The van der Waals surface area contributed by atoms with E-state index in [0.717, 1.165) is 17.7 Å². The van der Waals surface area contributed by atoms with Crippen LogP contribution in [0.4, 0.5) is 13.2 Å². The second-order valence-corrected chi connectivity index (χ2v) is 4.55. The molecular formula is C15H14F3NO2. The van der Waals surface area contributed by atoms with Crippen molar-refractivity contribution in [2.45, 2.75) is 18.7 Å². The highest BCUT2D eigenvalue weighted by atomic mass is 19.4. The Bertz CT molecular complexity index is 579. The van der Waals surface area contributed by atoms with Crippen LogP contribution in [0.25, 0.3) is 0 Å². The van der Waals surface area contributed by atoms with Crippen molar-refractivity contribution in [1.82, 2.24) is 4.98 Å². The van der Waals surface area contributed by atoms with Crippen LogP contribution >= 0.6 is 0 Å². The van der Waals surface area contributed by atoms with Crippen LogP contribution in [0.15, 0.2) is 42.6 Å². The fourth-order valence-corrected chi connectivity index (χ4v) is 1.89. The molecule has 21 heavy (non-hydrogen) atoms. The topological polar surface area (TPSA) is 42.4 Å². The summed E-state index contributed by atoms with van der Waals surface area (Å²) in [6, 6.07) is 7.90. The molecule has 0 saturated heterocycles. The summed E-state index contributed by atoms with van der Waals surface area (Å²) >= 11 is 0. The molecule has 2 rings (SSSR count). The number of rotatable bonds is 4. The molecule has 1 aromatic carbocycles. The lowest BCUT2D eigenvalue weighted by Crippen LogP contribution is -2.06. The van der Waals surface area contributed by atoms with Crippen LogP contribution in [0.5, 0.6) is 5.88 Å². The Morgan fingerprint density at radius 1 is 1.14 bits per heavy atom. The van der Waals surface area contributed by atoms with E-state index in [0.29, 0.717) is 11.4 Å². The molecule has 1 unspecified atom stereocenters. The average molecular weight is 297 g/mol. The van der Waals surface area contributed by atoms with E-state index in [9.17, 15) is 18.3 Å². The first kappa shape index (κ1) is 15.3. The smallest absolute Gasteiger partial charge is 0.416 e. The van der Waals surface area contributed by atoms with E-state index in [1.165, 1.54) is 19.2 Å². The van der Waals surface area contributed by atoms with Gasteiger partial charge >= 0.3 is 6.18 Å². The first-order valence-electron chi connectivity index (χ1n) is 6.24. The molecule has 1 heterocycles. The van der Waals surface area contributed by atoms with Gasteiger partial charge in [-0.15, -0.1) is 0 Å². The van der Waals surface area contributed by atoms with Gasteiger partial charge in [-0.2, -0.15) is 13.2 Å². The van der Waals surface area contributed by atoms with E-state index in [4.69, 9.17) is 4.74 Å². The lowest BCUT2D eigenvalue weighted by Gasteiger charge is -2.13. The maximum Gasteiger partial charge on any atom is 0.416 e. The summed E-state index contributed by atoms with van der Waals surface area (Å²) in [5.41, 5.74) is 0.464. The summed E-state index contributed by atoms with van der Waals surface area (Å²) in [7, 11) is 1.50. The zero-order valence-corrected chi connectivity index (χ0v) is 11.3. The second-order valence-electron chi connectivity index (χ2n) is 4.55. The SMILES string of the molecule is COc1ccc(CC(O)c2ccc(C(F)(F)F)cc2)cn1. The van der Waals surface area contributed by atoms with Crippen LogP contribution in [0.3, 0.4) is 0 Å². The molecule has 0 fully saturated rings. The lowest BCUT2D eigenvalue weighted by molar-refractivity contribution is -0.137. The van der Waals surface area contributed by atoms with Crippen molar-refractivity contribution in [3.63, 3.8) is 0 Å². The quantitative estimate of drug-likeness (QED) is 0.940. The van der Waals surface area contributed by atoms with Crippen molar-refractivity contribution in [2.75, 3.05) is 7.11 Å². The number of hydrogen-bond acceptors (Lipinski definition) is 3. The molecule has 1 atom stereocenters. The maximum absolute atomic E-state index is 12.5. The summed E-state index contributed by atoms with van der Waals surface area (Å²) in [5.74, 6) is 0.461. The largest absolute Gasteiger partial charge is 0.481 e. The van der Waals surface area contributed by atoms with E-state index in [2.05, 4.69) is 4.98 Å². The van der Waals surface area contributed by atoms with Crippen LogP contribution in [-0.2, 0) is 12.6 Å². The zero-order valence-electron chi connectivity index (χ0n) is 11.3. The van der Waals surface area contributed by atoms with E-state index in [1.54, 1.807) is 18.3 Å². The Morgan fingerprint density at radius 2 is 1.81 bits per heavy atom. The number of aliphatic hydroxyl groups excluding tert-OH is 1. The number of aliphatic hydroxyl groups is 1. The Hall–Kier alpha value is -2.08. The first-order chi connectivity index (χ1) is 9.90. The molecular weight excluding hydrogens is 283 g/mol. The molecule has 0 aliphatic carbocycles. The number of ether oxygens (including phenoxy) is 1. The van der Waals surface area contributed by atoms with Crippen molar-refractivity contribution < 1.29 is 23.0 Å². The zero-order chi connectivity index (χ0) is 15.5. The lowest BCUT2D eigenvalue weighted by atomic mass is 10.0. The summed E-state index contributed by atoms with van der Waals surface area (Å²) in [6.07, 6.45) is -3.43. The normalized spacial score (nSPS) is 13.0. The van der Waals surface area contributed by atoms with Crippen LogP contribution in [0.2, 0.25) is 0 Å². The van der Waals surface area contributed by atoms with Gasteiger partial charge in [0.05, 0.1) is 18.8 Å². The standard InChI is InChI=1S/C15H14F3NO2/c1-21-14-7-2-10(9-19-14)8-13(20)11-3-5-12(6-4-11)15(16,17)18/h2-7,9,13,20H,8H2,1H3. The third-order valence-corrected chi connectivity index (χ3v) is 3.06. The molecule has 0 aliphatic rings. The van der Waals surface area contributed by atoms with Gasteiger partial charge in [0, 0.05) is 18.7 Å². The van der Waals surface area contributed by atoms with Gasteiger partial charge in [0.15, 0.2) is 0 Å². The predicted molar refractivity (Wildman–Crippen MR) is 70.9 cm³/mol. The molecule has 0 amide bonds. The van der Waals surface area contributed by atoms with Crippen molar-refractivity contribution in [3.8, 4) is 5.88 Å². The first-order valence-corrected chi connectivity index (χ1v) is 6.24. The summed E-state index contributed by atoms with van der Waals surface area (Å²) in [6.45, 7) is 0. The molecule has 112 valence electrons. The third kappa shape index (κ3) is 3.95. The van der Waals surface area contributed by atoms with E-state index in [-0.39, 0.29) is 6.42 Å². The highest BCUT2D eigenvalue weighted by molar-refractivity contribution is 5.27. The Balaban J connectivity index is 2.07. The third-order valence-electron chi connectivity index (χ3n) is 3.06. The summed E-state index contributed by atoms with van der Waals surface area (Å²) in [4.78, 5) is 4.01. The molecule has 1 aromatic heterocycles. The van der Waals surface area contributed by atoms with Crippen LogP contribution in [-0.4, -0.2) is 17.2 Å². The van der Waals surface area contributed by atoms with Crippen LogP contribution in [0, 0.1) is 0 Å². The molecule has 2 aromatic rings. The number of aromatic nitrogens is 1. The maximum atomic E-state index is 12.5. The number of nitrogens with zero attached hydrogens (tertiary/aromatic N) is 1. The fraction of sp³-hybridized carbons (Fsp3) is 0.267. The van der Waals surface area contributed by atoms with Crippen molar-refractivity contribution in [1.29, 1.82) is 0 Å². The summed E-state index contributed by atoms with van der Waals surface area (Å²) in [5, 5.41) is 10.1. The molecule has 0 radical (unpaired) electrons. The molecule has 6 heteroatoms. The minimum Gasteiger partial charge on any atom is -0.481 e. The molecule has 0 spiro atoms. The Labute approximate surface area is 120 Å². The van der Waals surface area contributed by atoms with Gasteiger partial charge in [-0.1, -0.05) is 18.2 Å². The number of hydrogen-bond donors (Lipinski definition) is 1. The molecule has 0 bridgehead atoms. The highest BCUT2D eigenvalue weighted by Crippen LogP contribution is 2.30. The van der Waals surface area contributed by atoms with Gasteiger partial charge in [-0.3, -0.25) is 0 Å². The van der Waals surface area contributed by atoms with Crippen LogP contribution < -0.4 is 4.74 Å². The minimum absolute atomic E-state index is 0.266. The minimum atomic E-state index is -4.37.